The molecule has 0 radical (unpaired) electrons. The Bertz CT molecular complexity index is 1060. The molecule has 0 atom stereocenters. The molecular weight excluding hydrogens is 435 g/mol. The molecule has 0 bridgehead atoms. The van der Waals surface area contributed by atoms with Gasteiger partial charge in [0.25, 0.3) is 5.91 Å². The van der Waals surface area contributed by atoms with Gasteiger partial charge in [0.1, 0.15) is 0 Å². The highest BCUT2D eigenvalue weighted by Gasteiger charge is 2.35. The summed E-state index contributed by atoms with van der Waals surface area (Å²) < 4.78 is 50.5. The van der Waals surface area contributed by atoms with Gasteiger partial charge in [-0.2, -0.15) is 18.3 Å². The van der Waals surface area contributed by atoms with Crippen molar-refractivity contribution in [3.05, 3.63) is 57.5 Å². The number of ether oxygens (including phenoxy) is 2. The Kier molecular flexibility index (Phi) is 7.73. The Labute approximate surface area is 180 Å². The SMILES string of the molecule is CCOC(=O)C(NC(=O)c1nn(-c2ccccc2C(F)(F)F)c(C)cc1=O)C(=O)OCC. The number of aryl methyl sites for hydroxylation is 1. The molecule has 2 aromatic rings. The number of amides is 1. The molecular formula is C20H20F3N3O6. The molecule has 1 aromatic heterocycles. The summed E-state index contributed by atoms with van der Waals surface area (Å²) in [6, 6.07) is 3.49. The van der Waals surface area contributed by atoms with Gasteiger partial charge in [0, 0.05) is 11.8 Å². The third-order valence-electron chi connectivity index (χ3n) is 4.08. The number of hydrogen-bond donors (Lipinski definition) is 1. The topological polar surface area (TPSA) is 117 Å². The van der Waals surface area contributed by atoms with Crippen LogP contribution in [0.3, 0.4) is 0 Å². The summed E-state index contributed by atoms with van der Waals surface area (Å²) in [5, 5.41) is 5.77. The molecule has 172 valence electrons. The minimum Gasteiger partial charge on any atom is -0.464 e. The summed E-state index contributed by atoms with van der Waals surface area (Å²) in [4.78, 5) is 49.1. The molecule has 0 unspecified atom stereocenters. The second-order valence-electron chi connectivity index (χ2n) is 6.34. The second kappa shape index (κ2) is 10.1. The van der Waals surface area contributed by atoms with Crippen LogP contribution in [0.2, 0.25) is 0 Å². The van der Waals surface area contributed by atoms with E-state index in [0.717, 1.165) is 22.9 Å². The van der Waals surface area contributed by atoms with E-state index in [1.54, 1.807) is 0 Å². The molecule has 0 spiro atoms. The van der Waals surface area contributed by atoms with E-state index in [4.69, 9.17) is 9.47 Å². The number of rotatable bonds is 7. The minimum absolute atomic E-state index is 0.0237. The van der Waals surface area contributed by atoms with E-state index in [2.05, 4.69) is 5.10 Å². The van der Waals surface area contributed by atoms with Crippen molar-refractivity contribution in [2.45, 2.75) is 33.0 Å². The van der Waals surface area contributed by atoms with Crippen LogP contribution in [0.25, 0.3) is 5.69 Å². The summed E-state index contributed by atoms with van der Waals surface area (Å²) in [6.07, 6.45) is -4.73. The van der Waals surface area contributed by atoms with Crippen molar-refractivity contribution in [3.63, 3.8) is 0 Å². The number of carbonyl (C=O) groups is 3. The lowest BCUT2D eigenvalue weighted by Gasteiger charge is -2.18. The van der Waals surface area contributed by atoms with E-state index in [1.165, 1.54) is 32.9 Å². The van der Waals surface area contributed by atoms with Gasteiger partial charge in [-0.3, -0.25) is 9.59 Å². The van der Waals surface area contributed by atoms with Crippen molar-refractivity contribution < 1.29 is 37.0 Å². The fourth-order valence-corrected chi connectivity index (χ4v) is 2.71. The third kappa shape index (κ3) is 5.50. The van der Waals surface area contributed by atoms with Crippen LogP contribution in [-0.2, 0) is 25.2 Å². The van der Waals surface area contributed by atoms with E-state index in [0.29, 0.717) is 0 Å². The molecule has 0 aliphatic carbocycles. The van der Waals surface area contributed by atoms with Crippen LogP contribution < -0.4 is 10.7 Å². The smallest absolute Gasteiger partial charge is 0.418 e. The molecule has 0 aliphatic heterocycles. The zero-order valence-corrected chi connectivity index (χ0v) is 17.4. The number of halogens is 3. The van der Waals surface area contributed by atoms with Crippen LogP contribution in [0.5, 0.6) is 0 Å². The Morgan fingerprint density at radius 3 is 2.19 bits per heavy atom. The van der Waals surface area contributed by atoms with Crippen molar-refractivity contribution in [1.29, 1.82) is 0 Å². The second-order valence-corrected chi connectivity index (χ2v) is 6.34. The maximum Gasteiger partial charge on any atom is 0.418 e. The van der Waals surface area contributed by atoms with Crippen LogP contribution in [0.15, 0.2) is 35.1 Å². The first-order valence-electron chi connectivity index (χ1n) is 9.42. The summed E-state index contributed by atoms with van der Waals surface area (Å²) >= 11 is 0. The zero-order valence-electron chi connectivity index (χ0n) is 17.4. The number of benzene rings is 1. The summed E-state index contributed by atoms with van der Waals surface area (Å²) in [7, 11) is 0. The Morgan fingerprint density at radius 1 is 1.09 bits per heavy atom. The fraction of sp³-hybridized carbons (Fsp3) is 0.350. The maximum absolute atomic E-state index is 13.4. The van der Waals surface area contributed by atoms with Crippen molar-refractivity contribution in [2.75, 3.05) is 13.2 Å². The molecule has 0 saturated carbocycles. The molecule has 1 N–H and O–H groups in total. The molecule has 0 saturated heterocycles. The number of esters is 2. The summed E-state index contributed by atoms with van der Waals surface area (Å²) in [5.41, 5.74) is -3.19. The Morgan fingerprint density at radius 2 is 1.66 bits per heavy atom. The summed E-state index contributed by atoms with van der Waals surface area (Å²) in [5.74, 6) is -3.53. The highest BCUT2D eigenvalue weighted by Crippen LogP contribution is 2.33. The predicted molar refractivity (Wildman–Crippen MR) is 104 cm³/mol. The van der Waals surface area contributed by atoms with Gasteiger partial charge in [-0.05, 0) is 32.9 Å². The number of carbonyl (C=O) groups excluding carboxylic acids is 3. The fourth-order valence-electron chi connectivity index (χ4n) is 2.71. The molecule has 0 fully saturated rings. The van der Waals surface area contributed by atoms with Gasteiger partial charge in [-0.25, -0.2) is 14.3 Å². The zero-order chi connectivity index (χ0) is 24.1. The van der Waals surface area contributed by atoms with E-state index >= 15 is 0 Å². The van der Waals surface area contributed by atoms with Gasteiger partial charge in [0.05, 0.1) is 24.5 Å². The van der Waals surface area contributed by atoms with E-state index in [1.807, 2.05) is 5.32 Å². The number of alkyl halides is 3. The highest BCUT2D eigenvalue weighted by atomic mass is 19.4. The molecule has 1 amide bonds. The van der Waals surface area contributed by atoms with Crippen molar-refractivity contribution >= 4 is 17.8 Å². The average Bonchev–Trinajstić information content (AvgIpc) is 2.71. The Balaban J connectivity index is 2.51. The van der Waals surface area contributed by atoms with Crippen LogP contribution in [0, 0.1) is 6.92 Å². The average molecular weight is 455 g/mol. The lowest BCUT2D eigenvalue weighted by atomic mass is 10.1. The van der Waals surface area contributed by atoms with E-state index in [-0.39, 0.29) is 18.9 Å². The van der Waals surface area contributed by atoms with Crippen LogP contribution in [0.4, 0.5) is 13.2 Å². The first kappa shape index (κ1) is 24.6. The molecule has 32 heavy (non-hydrogen) atoms. The molecule has 9 nitrogen and oxygen atoms in total. The number of nitrogens with zero attached hydrogens (tertiary/aromatic N) is 2. The number of nitrogens with one attached hydrogen (secondary N) is 1. The van der Waals surface area contributed by atoms with E-state index in [9.17, 15) is 32.3 Å². The molecule has 12 heteroatoms. The lowest BCUT2D eigenvalue weighted by molar-refractivity contribution is -0.157. The molecule has 2 rings (SSSR count). The lowest BCUT2D eigenvalue weighted by Crippen LogP contribution is -2.49. The van der Waals surface area contributed by atoms with Crippen LogP contribution >= 0.6 is 0 Å². The van der Waals surface area contributed by atoms with Crippen molar-refractivity contribution in [3.8, 4) is 5.69 Å². The van der Waals surface area contributed by atoms with Crippen LogP contribution in [0.1, 0.15) is 35.6 Å². The molecule has 1 heterocycles. The monoisotopic (exact) mass is 455 g/mol. The van der Waals surface area contributed by atoms with Gasteiger partial charge in [0.2, 0.25) is 11.5 Å². The first-order valence-corrected chi connectivity index (χ1v) is 9.42. The van der Waals surface area contributed by atoms with Gasteiger partial charge < -0.3 is 14.8 Å². The van der Waals surface area contributed by atoms with Crippen molar-refractivity contribution in [1.82, 2.24) is 15.1 Å². The molecule has 1 aromatic carbocycles. The Hall–Kier alpha value is -3.70. The van der Waals surface area contributed by atoms with Crippen LogP contribution in [-0.4, -0.2) is 46.9 Å². The highest BCUT2D eigenvalue weighted by molar-refractivity contribution is 6.05. The number of para-hydroxylation sites is 1. The first-order chi connectivity index (χ1) is 15.0. The predicted octanol–water partition coefficient (Wildman–Crippen LogP) is 1.78. The molecule has 0 aliphatic rings. The largest absolute Gasteiger partial charge is 0.464 e. The third-order valence-corrected chi connectivity index (χ3v) is 4.08. The van der Waals surface area contributed by atoms with Crippen molar-refractivity contribution in [2.24, 2.45) is 0 Å². The number of aromatic nitrogens is 2. The van der Waals surface area contributed by atoms with Gasteiger partial charge in [0.15, 0.2) is 5.69 Å². The summed E-state index contributed by atoms with van der Waals surface area (Å²) in [6.45, 7) is 4.08. The maximum atomic E-state index is 13.4. The normalized spacial score (nSPS) is 11.2. The van der Waals surface area contributed by atoms with Gasteiger partial charge >= 0.3 is 18.1 Å². The van der Waals surface area contributed by atoms with Gasteiger partial charge in [-0.15, -0.1) is 0 Å². The standard InChI is InChI=1S/C20H20F3N3O6/c1-4-31-18(29)16(19(30)32-5-2)24-17(28)15-14(27)10-11(3)26(25-15)13-9-7-6-8-12(13)20(21,22)23/h6-10,16H,4-5H2,1-3H3,(H,24,28). The quantitative estimate of drug-likeness (QED) is 0.500. The van der Waals surface area contributed by atoms with E-state index < -0.39 is 52.4 Å². The minimum atomic E-state index is -4.73. The van der Waals surface area contributed by atoms with Gasteiger partial charge in [-0.1, -0.05) is 12.1 Å². The number of hydrogen-bond acceptors (Lipinski definition) is 7.